The van der Waals surface area contributed by atoms with Crippen LogP contribution < -0.4 is 21.3 Å². The molecule has 2 aromatic rings. The fourth-order valence-corrected chi connectivity index (χ4v) is 5.64. The maximum Gasteiger partial charge on any atom is 0.479 e. The highest BCUT2D eigenvalue weighted by Crippen LogP contribution is 2.38. The van der Waals surface area contributed by atoms with Gasteiger partial charge in [-0.05, 0) is 56.4 Å². The minimum atomic E-state index is -4.00. The Kier molecular flexibility index (Phi) is 13.9. The summed E-state index contributed by atoms with van der Waals surface area (Å²) in [6, 6.07) is 15.3. The lowest BCUT2D eigenvalue weighted by molar-refractivity contribution is -0.148. The monoisotopic (exact) mass is 612 g/mol. The average molecular weight is 613 g/mol. The summed E-state index contributed by atoms with van der Waals surface area (Å²) in [5, 5.41) is 12.4. The van der Waals surface area contributed by atoms with Gasteiger partial charge in [0, 0.05) is 13.1 Å². The molecule has 0 aromatic heterocycles. The lowest BCUT2D eigenvalue weighted by atomic mass is 9.83. The first kappa shape index (κ1) is 34.3. The van der Waals surface area contributed by atoms with Crippen LogP contribution in [0.2, 0.25) is 6.32 Å². The van der Waals surface area contributed by atoms with Crippen LogP contribution in [0.4, 0.5) is 0 Å². The van der Waals surface area contributed by atoms with Crippen molar-refractivity contribution in [2.75, 3.05) is 19.6 Å². The maximum absolute atomic E-state index is 12.8. The highest BCUT2D eigenvalue weighted by atomic mass is 32.2. The van der Waals surface area contributed by atoms with E-state index in [1.807, 2.05) is 0 Å². The smallest absolute Gasteiger partial charge is 0.426 e. The topological polar surface area (TPSA) is 214 Å². The molecule has 2 aromatic carbocycles. The predicted molar refractivity (Wildman–Crippen MR) is 152 cm³/mol. The second-order valence-corrected chi connectivity index (χ2v) is 12.5. The summed E-state index contributed by atoms with van der Waals surface area (Å²) < 4.78 is 61.1. The van der Waals surface area contributed by atoms with Gasteiger partial charge >= 0.3 is 7.12 Å². The van der Waals surface area contributed by atoms with Gasteiger partial charge in [-0.25, -0.2) is 18.6 Å². The summed E-state index contributed by atoms with van der Waals surface area (Å²) in [5.41, 5.74) is 6.32. The third kappa shape index (κ3) is 11.2. The summed E-state index contributed by atoms with van der Waals surface area (Å²) in [6.45, 7) is 0.517. The highest BCUT2D eigenvalue weighted by Gasteiger charge is 2.48. The Morgan fingerprint density at radius 2 is 1.44 bits per heavy atom. The SMILES string of the molecule is NCCCCB(O)ONC(=O)C1(C(=O)NCCNS(=O)(=O)c2ccccc2)CCCC1.O=S(=O)(O)c1ccccc1. The molecule has 1 aliphatic rings. The zero-order valence-electron chi connectivity index (χ0n) is 22.6. The molecular formula is C25H37BN4O9S2. The van der Waals surface area contributed by atoms with Gasteiger partial charge in [0.2, 0.25) is 15.9 Å². The van der Waals surface area contributed by atoms with Crippen molar-refractivity contribution in [1.29, 1.82) is 0 Å². The quantitative estimate of drug-likeness (QED) is 0.0581. The molecule has 1 saturated carbocycles. The molecule has 0 spiro atoms. The Labute approximate surface area is 241 Å². The molecule has 1 aliphatic carbocycles. The Balaban J connectivity index is 0.000000493. The minimum absolute atomic E-state index is 0.0168. The van der Waals surface area contributed by atoms with Gasteiger partial charge in [-0.1, -0.05) is 55.7 Å². The Hall–Kier alpha value is -2.86. The van der Waals surface area contributed by atoms with E-state index < -0.39 is 44.5 Å². The van der Waals surface area contributed by atoms with Crippen molar-refractivity contribution in [3.05, 3.63) is 60.7 Å². The van der Waals surface area contributed by atoms with Crippen LogP contribution >= 0.6 is 0 Å². The van der Waals surface area contributed by atoms with E-state index in [1.54, 1.807) is 36.4 Å². The fourth-order valence-electron chi connectivity index (χ4n) is 4.08. The summed E-state index contributed by atoms with van der Waals surface area (Å²) in [7, 11) is -8.85. The van der Waals surface area contributed by atoms with Gasteiger partial charge in [0.05, 0.1) is 9.79 Å². The molecule has 3 rings (SSSR count). The third-order valence-electron chi connectivity index (χ3n) is 6.32. The first-order valence-corrected chi connectivity index (χ1v) is 16.0. The molecule has 0 heterocycles. The van der Waals surface area contributed by atoms with Gasteiger partial charge in [0.15, 0.2) is 0 Å². The van der Waals surface area contributed by atoms with E-state index in [0.29, 0.717) is 45.0 Å². The second-order valence-electron chi connectivity index (χ2n) is 9.33. The molecule has 16 heteroatoms. The van der Waals surface area contributed by atoms with Crippen LogP contribution in [0.25, 0.3) is 0 Å². The highest BCUT2D eigenvalue weighted by molar-refractivity contribution is 7.89. The Bertz CT molecular complexity index is 1310. The number of hydroxylamine groups is 1. The molecule has 41 heavy (non-hydrogen) atoms. The van der Waals surface area contributed by atoms with E-state index in [-0.39, 0.29) is 22.9 Å². The van der Waals surface area contributed by atoms with Crippen LogP contribution in [-0.2, 0) is 34.5 Å². The van der Waals surface area contributed by atoms with Gasteiger partial charge in [0.1, 0.15) is 5.41 Å². The average Bonchev–Trinajstić information content (AvgIpc) is 3.47. The number of carbonyl (C=O) groups is 2. The fraction of sp³-hybridized carbons (Fsp3) is 0.440. The number of hydrogen-bond acceptors (Lipinski definition) is 9. The summed E-state index contributed by atoms with van der Waals surface area (Å²) in [4.78, 5) is 25.5. The maximum atomic E-state index is 12.8. The standard InChI is InChI=1S/C19H31BN4O6S.C6H6O3S/c21-13-7-6-12-20(27)30-24-18(26)19(10-4-5-11-19)17(25)22-14-15-23-31(28,29)16-8-2-1-3-9-16;7-10(8,9)6-4-2-1-3-5-6/h1-3,8-9,23,27H,4-7,10-15,21H2,(H,22,25)(H,24,26);1-5H,(H,7,8,9). The first-order chi connectivity index (χ1) is 19.4. The van der Waals surface area contributed by atoms with Crippen LogP contribution in [0.3, 0.4) is 0 Å². The number of hydrogen-bond donors (Lipinski definition) is 6. The van der Waals surface area contributed by atoms with Gasteiger partial charge < -0.3 is 16.1 Å². The number of benzene rings is 2. The normalized spacial score (nSPS) is 14.4. The molecule has 0 unspecified atom stereocenters. The summed E-state index contributed by atoms with van der Waals surface area (Å²) >= 11 is 0. The number of rotatable bonds is 14. The van der Waals surface area contributed by atoms with Gasteiger partial charge in [0.25, 0.3) is 16.0 Å². The zero-order chi connectivity index (χ0) is 30.4. The van der Waals surface area contributed by atoms with Gasteiger partial charge in [-0.2, -0.15) is 8.42 Å². The van der Waals surface area contributed by atoms with Crippen molar-refractivity contribution in [3.8, 4) is 0 Å². The lowest BCUT2D eigenvalue weighted by Crippen LogP contribution is -2.52. The Morgan fingerprint density at radius 3 is 1.95 bits per heavy atom. The van der Waals surface area contributed by atoms with E-state index in [2.05, 4.69) is 15.5 Å². The molecule has 2 amide bonds. The number of carbonyl (C=O) groups excluding carboxylic acids is 2. The van der Waals surface area contributed by atoms with Gasteiger partial charge in [-0.3, -0.25) is 18.9 Å². The lowest BCUT2D eigenvalue weighted by Gasteiger charge is -2.26. The van der Waals surface area contributed by atoms with Crippen molar-refractivity contribution in [1.82, 2.24) is 15.5 Å². The molecule has 0 saturated heterocycles. The minimum Gasteiger partial charge on any atom is -0.426 e. The van der Waals surface area contributed by atoms with Crippen molar-refractivity contribution in [3.63, 3.8) is 0 Å². The van der Waals surface area contributed by atoms with E-state index >= 15 is 0 Å². The molecule has 0 radical (unpaired) electrons. The molecule has 0 bridgehead atoms. The predicted octanol–water partition coefficient (Wildman–Crippen LogP) is 0.842. The van der Waals surface area contributed by atoms with Crippen molar-refractivity contribution < 1.29 is 40.8 Å². The van der Waals surface area contributed by atoms with Crippen molar-refractivity contribution in [2.45, 2.75) is 54.6 Å². The van der Waals surface area contributed by atoms with Crippen LogP contribution in [-0.4, -0.2) is 65.0 Å². The number of nitrogens with one attached hydrogen (secondary N) is 3. The number of nitrogens with two attached hydrogens (primary N) is 1. The van der Waals surface area contributed by atoms with E-state index in [0.717, 1.165) is 6.42 Å². The van der Waals surface area contributed by atoms with Gasteiger partial charge in [-0.15, -0.1) is 0 Å². The number of sulfonamides is 1. The molecule has 0 aliphatic heterocycles. The summed E-state index contributed by atoms with van der Waals surface area (Å²) in [5.74, 6) is -1.09. The van der Waals surface area contributed by atoms with E-state index in [1.165, 1.54) is 24.3 Å². The first-order valence-electron chi connectivity index (χ1n) is 13.1. The van der Waals surface area contributed by atoms with E-state index in [4.69, 9.17) is 15.0 Å². The molecule has 1 fully saturated rings. The number of amides is 2. The van der Waals surface area contributed by atoms with Crippen LogP contribution in [0.5, 0.6) is 0 Å². The summed E-state index contributed by atoms with van der Waals surface area (Å²) in [6.07, 6.45) is 3.83. The zero-order valence-corrected chi connectivity index (χ0v) is 24.2. The third-order valence-corrected chi connectivity index (χ3v) is 8.66. The molecule has 0 atom stereocenters. The largest absolute Gasteiger partial charge is 0.479 e. The molecule has 13 nitrogen and oxygen atoms in total. The van der Waals surface area contributed by atoms with Crippen molar-refractivity contribution >= 4 is 39.1 Å². The van der Waals surface area contributed by atoms with Crippen molar-refractivity contribution in [2.24, 2.45) is 11.1 Å². The molecular weight excluding hydrogens is 575 g/mol. The van der Waals surface area contributed by atoms with Crippen LogP contribution in [0, 0.1) is 5.41 Å². The molecule has 226 valence electrons. The molecule has 7 N–H and O–H groups in total. The number of unbranched alkanes of at least 4 members (excludes halogenated alkanes) is 1. The van der Waals surface area contributed by atoms with Crippen LogP contribution in [0.1, 0.15) is 38.5 Å². The Morgan fingerprint density at radius 1 is 0.878 bits per heavy atom. The van der Waals surface area contributed by atoms with E-state index in [9.17, 15) is 31.4 Å². The van der Waals surface area contributed by atoms with Crippen LogP contribution in [0.15, 0.2) is 70.5 Å². The second kappa shape index (κ2) is 16.6.